The first-order valence-electron chi connectivity index (χ1n) is 16.6. The maximum absolute atomic E-state index is 6.17. The van der Waals surface area contributed by atoms with Crippen molar-refractivity contribution in [2.45, 2.75) is 0 Å². The van der Waals surface area contributed by atoms with Crippen LogP contribution in [0.25, 0.3) is 98.5 Å². The number of aromatic nitrogens is 3. The highest BCUT2D eigenvalue weighted by atomic mass is 32.1. The Kier molecular flexibility index (Phi) is 6.64. The molecule has 7 aromatic carbocycles. The highest BCUT2D eigenvalue weighted by Crippen LogP contribution is 2.41. The standard InChI is InChI=1S/C45H27N3OS/c1-3-10-28(11-4-1)33-23-25-36-37-15-9-16-38(42(37)50-41(36)27-33)45-47-43(30-12-5-2-6-13-30)46-44(48-45)31-20-18-29(19-21-31)32-22-24-35-34-14-7-8-17-39(34)49-40(35)26-32/h1-27H. The van der Waals surface area contributed by atoms with Gasteiger partial charge in [0.05, 0.1) is 0 Å². The van der Waals surface area contributed by atoms with E-state index in [1.165, 1.54) is 31.3 Å². The summed E-state index contributed by atoms with van der Waals surface area (Å²) in [7, 11) is 0. The van der Waals surface area contributed by atoms with Crippen molar-refractivity contribution in [3.05, 3.63) is 164 Å². The van der Waals surface area contributed by atoms with Gasteiger partial charge in [-0.05, 0) is 52.6 Å². The van der Waals surface area contributed by atoms with Crippen molar-refractivity contribution in [1.82, 2.24) is 15.0 Å². The maximum atomic E-state index is 6.17. The van der Waals surface area contributed by atoms with Crippen molar-refractivity contribution in [1.29, 1.82) is 0 Å². The lowest BCUT2D eigenvalue weighted by atomic mass is 10.0. The number of para-hydroxylation sites is 1. The van der Waals surface area contributed by atoms with Crippen LogP contribution in [0.3, 0.4) is 0 Å². The largest absolute Gasteiger partial charge is 0.456 e. The molecule has 0 spiro atoms. The lowest BCUT2D eigenvalue weighted by Crippen LogP contribution is -2.00. The van der Waals surface area contributed by atoms with Crippen LogP contribution in [0.2, 0.25) is 0 Å². The predicted octanol–water partition coefficient (Wildman–Crippen LogP) is 12.5. The topological polar surface area (TPSA) is 51.8 Å². The molecule has 50 heavy (non-hydrogen) atoms. The van der Waals surface area contributed by atoms with E-state index in [4.69, 9.17) is 19.4 Å². The third-order valence-electron chi connectivity index (χ3n) is 9.37. The van der Waals surface area contributed by atoms with Gasteiger partial charge in [-0.2, -0.15) is 0 Å². The summed E-state index contributed by atoms with van der Waals surface area (Å²) in [5, 5.41) is 4.70. The lowest BCUT2D eigenvalue weighted by Gasteiger charge is -2.10. The second kappa shape index (κ2) is 11.6. The molecule has 0 amide bonds. The van der Waals surface area contributed by atoms with Gasteiger partial charge in [-0.15, -0.1) is 11.3 Å². The Labute approximate surface area is 292 Å². The summed E-state index contributed by atoms with van der Waals surface area (Å²) >= 11 is 1.79. The zero-order valence-electron chi connectivity index (χ0n) is 26.7. The molecule has 0 aliphatic heterocycles. The van der Waals surface area contributed by atoms with Gasteiger partial charge in [-0.25, -0.2) is 15.0 Å². The van der Waals surface area contributed by atoms with Gasteiger partial charge in [0.15, 0.2) is 17.5 Å². The highest BCUT2D eigenvalue weighted by Gasteiger charge is 2.17. The molecule has 0 atom stereocenters. The van der Waals surface area contributed by atoms with Crippen LogP contribution in [0.5, 0.6) is 0 Å². The molecule has 10 aromatic rings. The molecule has 0 fully saturated rings. The van der Waals surface area contributed by atoms with Gasteiger partial charge in [0.2, 0.25) is 0 Å². The molecule has 0 saturated carbocycles. The van der Waals surface area contributed by atoms with Crippen molar-refractivity contribution in [2.75, 3.05) is 0 Å². The third-order valence-corrected chi connectivity index (χ3v) is 10.6. The Morgan fingerprint density at radius 3 is 1.68 bits per heavy atom. The zero-order chi connectivity index (χ0) is 33.0. The molecular weight excluding hydrogens is 631 g/mol. The number of fused-ring (bicyclic) bond motifs is 6. The summed E-state index contributed by atoms with van der Waals surface area (Å²) < 4.78 is 8.57. The molecule has 3 aromatic heterocycles. The summed E-state index contributed by atoms with van der Waals surface area (Å²) in [4.78, 5) is 15.2. The molecule has 0 N–H and O–H groups in total. The van der Waals surface area contributed by atoms with Gasteiger partial charge in [0.1, 0.15) is 11.2 Å². The fraction of sp³-hybridized carbons (Fsp3) is 0. The van der Waals surface area contributed by atoms with E-state index in [2.05, 4.69) is 115 Å². The van der Waals surface area contributed by atoms with E-state index < -0.39 is 0 Å². The van der Waals surface area contributed by atoms with Crippen LogP contribution in [0, 0.1) is 0 Å². The first-order valence-corrected chi connectivity index (χ1v) is 17.4. The van der Waals surface area contributed by atoms with Crippen LogP contribution in [0.1, 0.15) is 0 Å². The van der Waals surface area contributed by atoms with Gasteiger partial charge in [-0.3, -0.25) is 0 Å². The molecule has 0 saturated heterocycles. The summed E-state index contributed by atoms with van der Waals surface area (Å²) in [6.45, 7) is 0. The number of hydrogen-bond acceptors (Lipinski definition) is 5. The molecule has 0 radical (unpaired) electrons. The summed E-state index contributed by atoms with van der Waals surface area (Å²) in [5.41, 5.74) is 9.27. The van der Waals surface area contributed by atoms with Gasteiger partial charge in [-0.1, -0.05) is 133 Å². The first-order chi connectivity index (χ1) is 24.7. The monoisotopic (exact) mass is 657 g/mol. The number of rotatable bonds is 5. The molecule has 0 unspecified atom stereocenters. The first kappa shape index (κ1) is 28.6. The number of furan rings is 1. The number of benzene rings is 7. The van der Waals surface area contributed by atoms with Crippen LogP contribution >= 0.6 is 11.3 Å². The van der Waals surface area contributed by atoms with Crippen molar-refractivity contribution in [2.24, 2.45) is 0 Å². The van der Waals surface area contributed by atoms with Crippen molar-refractivity contribution in [3.63, 3.8) is 0 Å². The molecule has 5 heteroatoms. The fourth-order valence-corrected chi connectivity index (χ4v) is 8.09. The minimum Gasteiger partial charge on any atom is -0.456 e. The number of hydrogen-bond donors (Lipinski definition) is 0. The Morgan fingerprint density at radius 1 is 0.360 bits per heavy atom. The van der Waals surface area contributed by atoms with E-state index in [1.807, 2.05) is 48.5 Å². The summed E-state index contributed by atoms with van der Waals surface area (Å²) in [6, 6.07) is 56.9. The van der Waals surface area contributed by atoms with Crippen LogP contribution in [0.15, 0.2) is 168 Å². The van der Waals surface area contributed by atoms with Gasteiger partial charge >= 0.3 is 0 Å². The van der Waals surface area contributed by atoms with Gasteiger partial charge in [0, 0.05) is 47.6 Å². The molecular formula is C45H27N3OS. The van der Waals surface area contributed by atoms with Gasteiger partial charge in [0.25, 0.3) is 0 Å². The van der Waals surface area contributed by atoms with E-state index in [9.17, 15) is 0 Å². The Bertz CT molecular complexity index is 2860. The van der Waals surface area contributed by atoms with Crippen LogP contribution in [-0.2, 0) is 0 Å². The zero-order valence-corrected chi connectivity index (χ0v) is 27.6. The highest BCUT2D eigenvalue weighted by molar-refractivity contribution is 7.26. The summed E-state index contributed by atoms with van der Waals surface area (Å²) in [5.74, 6) is 1.95. The maximum Gasteiger partial charge on any atom is 0.165 e. The SMILES string of the molecule is c1ccc(-c2ccc3c(c2)sc2c(-c4nc(-c5ccccc5)nc(-c5ccc(-c6ccc7c(c6)oc6ccccc67)cc5)n4)cccc23)cc1. The Balaban J connectivity index is 1.08. The van der Waals surface area contributed by atoms with Crippen LogP contribution < -0.4 is 0 Å². The van der Waals surface area contributed by atoms with Gasteiger partial charge < -0.3 is 4.42 Å². The van der Waals surface area contributed by atoms with E-state index >= 15 is 0 Å². The van der Waals surface area contributed by atoms with E-state index in [0.717, 1.165) is 49.8 Å². The Hall–Kier alpha value is -6.43. The average Bonchev–Trinajstić information content (AvgIpc) is 3.76. The van der Waals surface area contributed by atoms with Crippen molar-refractivity contribution < 1.29 is 4.42 Å². The molecule has 0 aliphatic carbocycles. The average molecular weight is 658 g/mol. The molecule has 10 rings (SSSR count). The van der Waals surface area contributed by atoms with Crippen LogP contribution in [0.4, 0.5) is 0 Å². The summed E-state index contributed by atoms with van der Waals surface area (Å²) in [6.07, 6.45) is 0. The third kappa shape index (κ3) is 4.87. The molecule has 0 aliphatic rings. The van der Waals surface area contributed by atoms with Crippen molar-refractivity contribution >= 4 is 53.4 Å². The normalized spacial score (nSPS) is 11.6. The van der Waals surface area contributed by atoms with Crippen molar-refractivity contribution in [3.8, 4) is 56.4 Å². The molecule has 234 valence electrons. The lowest BCUT2D eigenvalue weighted by molar-refractivity contribution is 0.669. The quantitative estimate of drug-likeness (QED) is 0.185. The Morgan fingerprint density at radius 2 is 0.900 bits per heavy atom. The van der Waals surface area contributed by atoms with E-state index in [1.54, 1.807) is 11.3 Å². The minimum absolute atomic E-state index is 0.637. The number of thiophene rings is 1. The second-order valence-electron chi connectivity index (χ2n) is 12.4. The molecule has 3 heterocycles. The number of nitrogens with zero attached hydrogens (tertiary/aromatic N) is 3. The molecule has 0 bridgehead atoms. The predicted molar refractivity (Wildman–Crippen MR) is 207 cm³/mol. The second-order valence-corrected chi connectivity index (χ2v) is 13.5. The van der Waals surface area contributed by atoms with E-state index in [0.29, 0.717) is 17.5 Å². The minimum atomic E-state index is 0.637. The van der Waals surface area contributed by atoms with Crippen LogP contribution in [-0.4, -0.2) is 15.0 Å². The fourth-order valence-electron chi connectivity index (χ4n) is 6.84. The van der Waals surface area contributed by atoms with E-state index in [-0.39, 0.29) is 0 Å². The molecule has 4 nitrogen and oxygen atoms in total. The smallest absolute Gasteiger partial charge is 0.165 e.